The van der Waals surface area contributed by atoms with Crippen molar-refractivity contribution < 1.29 is 4.74 Å². The molecule has 0 spiro atoms. The molecule has 5 heteroatoms. The summed E-state index contributed by atoms with van der Waals surface area (Å²) in [6.07, 6.45) is 3.01. The number of nitrogens with zero attached hydrogens (tertiary/aromatic N) is 3. The van der Waals surface area contributed by atoms with Gasteiger partial charge in [-0.05, 0) is 31.9 Å². The van der Waals surface area contributed by atoms with Gasteiger partial charge in [0, 0.05) is 25.4 Å². The number of hydrogen-bond donors (Lipinski definition) is 0. The largest absolute Gasteiger partial charge is 0.376 e. The highest BCUT2D eigenvalue weighted by Crippen LogP contribution is 2.25. The van der Waals surface area contributed by atoms with Gasteiger partial charge < -0.3 is 9.64 Å². The van der Waals surface area contributed by atoms with Crippen LogP contribution in [0.5, 0.6) is 0 Å². The zero-order valence-electron chi connectivity index (χ0n) is 9.77. The number of halogens is 1. The molecule has 4 nitrogen and oxygen atoms in total. The molecule has 1 fully saturated rings. The summed E-state index contributed by atoms with van der Waals surface area (Å²) in [5.74, 6) is 0.891. The van der Waals surface area contributed by atoms with Gasteiger partial charge in [0.2, 0.25) is 5.28 Å². The molecule has 16 heavy (non-hydrogen) atoms. The SMILES string of the molecule is Cc1cnc(Cl)nc1N(C)C1CCOC1C. The minimum Gasteiger partial charge on any atom is -0.376 e. The minimum absolute atomic E-state index is 0.234. The van der Waals surface area contributed by atoms with Crippen LogP contribution < -0.4 is 4.90 Å². The van der Waals surface area contributed by atoms with Gasteiger partial charge in [-0.2, -0.15) is 0 Å². The summed E-state index contributed by atoms with van der Waals surface area (Å²) in [6.45, 7) is 4.89. The Morgan fingerprint density at radius 2 is 2.31 bits per heavy atom. The lowest BCUT2D eigenvalue weighted by atomic mass is 10.1. The summed E-state index contributed by atoms with van der Waals surface area (Å²) in [6, 6.07) is 0.365. The molecule has 2 heterocycles. The van der Waals surface area contributed by atoms with E-state index in [4.69, 9.17) is 16.3 Å². The van der Waals surface area contributed by atoms with Gasteiger partial charge in [-0.15, -0.1) is 0 Å². The van der Waals surface area contributed by atoms with Gasteiger partial charge >= 0.3 is 0 Å². The molecule has 1 aromatic heterocycles. The quantitative estimate of drug-likeness (QED) is 0.743. The van der Waals surface area contributed by atoms with Crippen LogP contribution in [0.2, 0.25) is 5.28 Å². The van der Waals surface area contributed by atoms with E-state index in [-0.39, 0.29) is 6.10 Å². The van der Waals surface area contributed by atoms with Gasteiger partial charge in [-0.3, -0.25) is 0 Å². The van der Waals surface area contributed by atoms with Gasteiger partial charge in [-0.1, -0.05) is 0 Å². The molecule has 2 rings (SSSR count). The van der Waals surface area contributed by atoms with Gasteiger partial charge in [0.25, 0.3) is 0 Å². The first-order valence-electron chi connectivity index (χ1n) is 5.43. The molecule has 88 valence electrons. The molecule has 0 saturated carbocycles. The zero-order valence-corrected chi connectivity index (χ0v) is 10.5. The highest BCUT2D eigenvalue weighted by molar-refractivity contribution is 6.28. The molecule has 1 aliphatic rings. The predicted molar refractivity (Wildman–Crippen MR) is 64.0 cm³/mol. The van der Waals surface area contributed by atoms with E-state index in [1.54, 1.807) is 6.20 Å². The third-order valence-electron chi connectivity index (χ3n) is 3.08. The zero-order chi connectivity index (χ0) is 11.7. The molecule has 2 atom stereocenters. The first-order valence-corrected chi connectivity index (χ1v) is 5.81. The molecule has 0 aromatic carbocycles. The van der Waals surface area contributed by atoms with Crippen molar-refractivity contribution in [2.45, 2.75) is 32.4 Å². The van der Waals surface area contributed by atoms with Crippen molar-refractivity contribution >= 4 is 17.4 Å². The lowest BCUT2D eigenvalue weighted by Crippen LogP contribution is -2.37. The number of aromatic nitrogens is 2. The van der Waals surface area contributed by atoms with Crippen molar-refractivity contribution in [1.29, 1.82) is 0 Å². The number of ether oxygens (including phenoxy) is 1. The second-order valence-electron chi connectivity index (χ2n) is 4.19. The van der Waals surface area contributed by atoms with Crippen LogP contribution >= 0.6 is 11.6 Å². The van der Waals surface area contributed by atoms with Crippen LogP contribution in [-0.4, -0.2) is 35.8 Å². The van der Waals surface area contributed by atoms with Crippen molar-refractivity contribution in [3.05, 3.63) is 17.0 Å². The van der Waals surface area contributed by atoms with E-state index in [0.717, 1.165) is 24.4 Å². The van der Waals surface area contributed by atoms with Gasteiger partial charge in [-0.25, -0.2) is 9.97 Å². The maximum atomic E-state index is 5.82. The Hall–Kier alpha value is -0.870. The van der Waals surface area contributed by atoms with Crippen LogP contribution in [-0.2, 0) is 4.74 Å². The highest BCUT2D eigenvalue weighted by atomic mass is 35.5. The topological polar surface area (TPSA) is 38.2 Å². The van der Waals surface area contributed by atoms with E-state index >= 15 is 0 Å². The molecule has 0 bridgehead atoms. The summed E-state index contributed by atoms with van der Waals surface area (Å²) in [5.41, 5.74) is 1.03. The minimum atomic E-state index is 0.234. The van der Waals surface area contributed by atoms with Crippen molar-refractivity contribution in [2.24, 2.45) is 0 Å². The highest BCUT2D eigenvalue weighted by Gasteiger charge is 2.29. The van der Waals surface area contributed by atoms with Crippen LogP contribution in [0.4, 0.5) is 5.82 Å². The summed E-state index contributed by atoms with van der Waals surface area (Å²) in [5, 5.41) is 0.291. The van der Waals surface area contributed by atoms with Crippen molar-refractivity contribution in [1.82, 2.24) is 9.97 Å². The molecule has 1 aliphatic heterocycles. The Bertz CT molecular complexity index is 385. The third-order valence-corrected chi connectivity index (χ3v) is 3.27. The molecule has 0 N–H and O–H groups in total. The Morgan fingerprint density at radius 1 is 1.56 bits per heavy atom. The number of likely N-dealkylation sites (N-methyl/N-ethyl adjacent to an activating group) is 1. The predicted octanol–water partition coefficient (Wildman–Crippen LogP) is 2.05. The average molecular weight is 242 g/mol. The molecule has 1 saturated heterocycles. The number of aryl methyl sites for hydroxylation is 1. The number of hydrogen-bond acceptors (Lipinski definition) is 4. The van der Waals surface area contributed by atoms with Crippen molar-refractivity contribution in [3.63, 3.8) is 0 Å². The Kier molecular flexibility index (Phi) is 3.30. The molecule has 2 unspecified atom stereocenters. The van der Waals surface area contributed by atoms with Crippen molar-refractivity contribution in [3.8, 4) is 0 Å². The maximum Gasteiger partial charge on any atom is 0.224 e. The normalized spacial score (nSPS) is 24.8. The number of rotatable bonds is 2. The molecule has 0 amide bonds. The smallest absolute Gasteiger partial charge is 0.224 e. The van der Waals surface area contributed by atoms with E-state index in [1.807, 2.05) is 14.0 Å². The maximum absolute atomic E-state index is 5.82. The Morgan fingerprint density at radius 3 is 2.94 bits per heavy atom. The molecular formula is C11H16ClN3O. The van der Waals surface area contributed by atoms with Crippen LogP contribution in [0.25, 0.3) is 0 Å². The first-order chi connectivity index (χ1) is 7.59. The van der Waals surface area contributed by atoms with Crippen LogP contribution in [0.1, 0.15) is 18.9 Å². The molecular weight excluding hydrogens is 226 g/mol. The van der Waals surface area contributed by atoms with E-state index in [9.17, 15) is 0 Å². The van der Waals surface area contributed by atoms with E-state index < -0.39 is 0 Å². The fourth-order valence-corrected chi connectivity index (χ4v) is 2.28. The molecule has 1 aromatic rings. The van der Waals surface area contributed by atoms with Gasteiger partial charge in [0.15, 0.2) is 0 Å². The lowest BCUT2D eigenvalue weighted by Gasteiger charge is -2.28. The first kappa shape index (κ1) is 11.6. The summed E-state index contributed by atoms with van der Waals surface area (Å²) >= 11 is 5.82. The van der Waals surface area contributed by atoms with Crippen LogP contribution in [0.3, 0.4) is 0 Å². The summed E-state index contributed by atoms with van der Waals surface area (Å²) in [4.78, 5) is 10.4. The standard InChI is InChI=1S/C11H16ClN3O/c1-7-6-13-11(12)14-10(7)15(3)9-4-5-16-8(9)2/h6,8-9H,4-5H2,1-3H3. The van der Waals surface area contributed by atoms with Crippen molar-refractivity contribution in [2.75, 3.05) is 18.6 Å². The summed E-state index contributed by atoms with van der Waals surface area (Å²) in [7, 11) is 2.03. The van der Waals surface area contributed by atoms with E-state index in [1.165, 1.54) is 0 Å². The Balaban J connectivity index is 2.25. The fraction of sp³-hybridized carbons (Fsp3) is 0.636. The third kappa shape index (κ3) is 2.13. The van der Waals surface area contributed by atoms with Crippen LogP contribution in [0, 0.1) is 6.92 Å². The van der Waals surface area contributed by atoms with Gasteiger partial charge in [0.05, 0.1) is 12.1 Å². The Labute approximate surface area is 101 Å². The molecule has 0 radical (unpaired) electrons. The van der Waals surface area contributed by atoms with Crippen LogP contribution in [0.15, 0.2) is 6.20 Å². The van der Waals surface area contributed by atoms with E-state index in [0.29, 0.717) is 11.3 Å². The second-order valence-corrected chi connectivity index (χ2v) is 4.53. The van der Waals surface area contributed by atoms with Gasteiger partial charge in [0.1, 0.15) is 5.82 Å². The lowest BCUT2D eigenvalue weighted by molar-refractivity contribution is 0.118. The number of anilines is 1. The fourth-order valence-electron chi connectivity index (χ4n) is 2.16. The molecule has 0 aliphatic carbocycles. The monoisotopic (exact) mass is 241 g/mol. The average Bonchev–Trinajstić information content (AvgIpc) is 2.67. The summed E-state index contributed by atoms with van der Waals surface area (Å²) < 4.78 is 5.56. The second kappa shape index (κ2) is 4.55. The van der Waals surface area contributed by atoms with E-state index in [2.05, 4.69) is 21.8 Å².